The summed E-state index contributed by atoms with van der Waals surface area (Å²) >= 11 is 0.991. The van der Waals surface area contributed by atoms with Crippen LogP contribution in [0.3, 0.4) is 0 Å². The van der Waals surface area contributed by atoms with Crippen molar-refractivity contribution in [3.05, 3.63) is 51.9 Å². The van der Waals surface area contributed by atoms with Gasteiger partial charge in [-0.05, 0) is 23.9 Å². The lowest BCUT2D eigenvalue weighted by Gasteiger charge is -2.12. The molecule has 5 nitrogen and oxygen atoms in total. The zero-order valence-electron chi connectivity index (χ0n) is 15.3. The van der Waals surface area contributed by atoms with Crippen molar-refractivity contribution in [3.63, 3.8) is 0 Å². The Labute approximate surface area is 166 Å². The average molecular weight is 429 g/mol. The first kappa shape index (κ1) is 20.8. The van der Waals surface area contributed by atoms with Crippen molar-refractivity contribution in [3.8, 4) is 11.5 Å². The molecule has 0 aliphatic rings. The van der Waals surface area contributed by atoms with Gasteiger partial charge in [0.25, 0.3) is 0 Å². The Morgan fingerprint density at radius 1 is 1.28 bits per heavy atom. The van der Waals surface area contributed by atoms with E-state index in [0.29, 0.717) is 11.1 Å². The molecule has 0 aliphatic carbocycles. The van der Waals surface area contributed by atoms with Crippen LogP contribution < -0.4 is 4.74 Å². The quantitative estimate of drug-likeness (QED) is 0.468. The summed E-state index contributed by atoms with van der Waals surface area (Å²) in [6.45, 7) is 1.16. The third kappa shape index (κ3) is 4.26. The number of aryl methyl sites for hydroxylation is 1. The minimum Gasteiger partial charge on any atom is -0.507 e. The largest absolute Gasteiger partial charge is 0.507 e. The fourth-order valence-electron chi connectivity index (χ4n) is 2.73. The van der Waals surface area contributed by atoms with Gasteiger partial charge in [-0.3, -0.25) is 4.79 Å². The molecule has 0 saturated carbocycles. The Morgan fingerprint density at radius 3 is 2.62 bits per heavy atom. The number of halogens is 4. The number of fused-ring (bicyclic) bond motifs is 1. The maximum atomic E-state index is 14.8. The number of thiophene rings is 1. The summed E-state index contributed by atoms with van der Waals surface area (Å²) in [4.78, 5) is 15.0. The molecule has 3 aromatic rings. The van der Waals surface area contributed by atoms with Gasteiger partial charge in [-0.2, -0.15) is 13.2 Å². The normalized spacial score (nSPS) is 11.7. The lowest BCUT2D eigenvalue weighted by Crippen LogP contribution is -2.10. The van der Waals surface area contributed by atoms with Gasteiger partial charge in [0.2, 0.25) is 0 Å². The molecule has 0 saturated heterocycles. The monoisotopic (exact) mass is 429 g/mol. The van der Waals surface area contributed by atoms with Crippen LogP contribution in [0.4, 0.5) is 17.6 Å². The summed E-state index contributed by atoms with van der Waals surface area (Å²) in [6, 6.07) is 3.10. The fraction of sp³-hybridized carbons (Fsp3) is 0.263. The summed E-state index contributed by atoms with van der Waals surface area (Å²) in [6.07, 6.45) is -4.69. The molecule has 0 fully saturated rings. The number of aromatic nitrogens is 1. The summed E-state index contributed by atoms with van der Waals surface area (Å²) in [7, 11) is 1.22. The Kier molecular flexibility index (Phi) is 5.65. The van der Waals surface area contributed by atoms with Gasteiger partial charge in [0, 0.05) is 22.7 Å². The van der Waals surface area contributed by atoms with Gasteiger partial charge in [0.1, 0.15) is 18.1 Å². The predicted octanol–water partition coefficient (Wildman–Crippen LogP) is 4.76. The van der Waals surface area contributed by atoms with Crippen LogP contribution in [0.2, 0.25) is 0 Å². The third-order valence-electron chi connectivity index (χ3n) is 4.24. The van der Waals surface area contributed by atoms with Gasteiger partial charge in [-0.25, -0.2) is 9.37 Å². The van der Waals surface area contributed by atoms with Crippen LogP contribution in [-0.2, 0) is 28.7 Å². The number of hydrogen-bond acceptors (Lipinski definition) is 6. The number of benzene rings is 1. The average Bonchev–Trinajstić information content (AvgIpc) is 3.07. The van der Waals surface area contributed by atoms with Crippen molar-refractivity contribution in [1.82, 2.24) is 4.98 Å². The van der Waals surface area contributed by atoms with E-state index in [1.165, 1.54) is 25.5 Å². The molecular formula is C19H15F4NO4S. The van der Waals surface area contributed by atoms with E-state index in [-0.39, 0.29) is 40.3 Å². The van der Waals surface area contributed by atoms with Crippen LogP contribution in [0, 0.1) is 12.7 Å². The molecule has 0 unspecified atom stereocenters. The molecule has 0 atom stereocenters. The molecule has 0 bridgehead atoms. The van der Waals surface area contributed by atoms with Gasteiger partial charge in [0.15, 0.2) is 11.6 Å². The topological polar surface area (TPSA) is 68.7 Å². The second-order valence-corrected chi connectivity index (χ2v) is 7.03. The summed E-state index contributed by atoms with van der Waals surface area (Å²) in [5.41, 5.74) is -0.167. The van der Waals surface area contributed by atoms with E-state index >= 15 is 0 Å². The number of aromatic hydroxyl groups is 1. The van der Waals surface area contributed by atoms with Crippen molar-refractivity contribution in [2.45, 2.75) is 26.1 Å². The van der Waals surface area contributed by atoms with E-state index < -0.39 is 23.7 Å². The number of ether oxygens (including phenoxy) is 2. The molecule has 3 rings (SSSR count). The number of methoxy groups -OCH3 is 1. The number of esters is 1. The highest BCUT2D eigenvalue weighted by Crippen LogP contribution is 2.40. The Morgan fingerprint density at radius 2 is 2.00 bits per heavy atom. The molecule has 10 heteroatoms. The van der Waals surface area contributed by atoms with Crippen LogP contribution in [0.5, 0.6) is 11.5 Å². The van der Waals surface area contributed by atoms with Gasteiger partial charge in [0.05, 0.1) is 18.2 Å². The van der Waals surface area contributed by atoms with Crippen LogP contribution in [0.25, 0.3) is 10.1 Å². The lowest BCUT2D eigenvalue weighted by atomic mass is 10.1. The van der Waals surface area contributed by atoms with Gasteiger partial charge in [-0.15, -0.1) is 11.3 Å². The number of nitrogens with zero attached hydrogens (tertiary/aromatic N) is 1. The summed E-state index contributed by atoms with van der Waals surface area (Å²) in [5.74, 6) is -1.81. The first-order chi connectivity index (χ1) is 13.6. The fourth-order valence-corrected chi connectivity index (χ4v) is 3.75. The summed E-state index contributed by atoms with van der Waals surface area (Å²) in [5, 5.41) is 12.0. The van der Waals surface area contributed by atoms with E-state index in [2.05, 4.69) is 9.72 Å². The first-order valence-electron chi connectivity index (χ1n) is 8.26. The highest BCUT2D eigenvalue weighted by Gasteiger charge is 2.32. The number of phenols is 1. The minimum absolute atomic E-state index is 0.0983. The molecule has 154 valence electrons. The number of rotatable bonds is 5. The van der Waals surface area contributed by atoms with Gasteiger partial charge in [-0.1, -0.05) is 6.07 Å². The Bertz CT molecular complexity index is 1080. The molecule has 0 radical (unpaired) electrons. The van der Waals surface area contributed by atoms with Crippen molar-refractivity contribution in [1.29, 1.82) is 0 Å². The van der Waals surface area contributed by atoms with E-state index in [9.17, 15) is 27.5 Å². The number of carbonyl (C=O) groups is 1. The highest BCUT2D eigenvalue weighted by molar-refractivity contribution is 7.17. The van der Waals surface area contributed by atoms with Crippen LogP contribution in [-0.4, -0.2) is 23.2 Å². The van der Waals surface area contributed by atoms with Gasteiger partial charge >= 0.3 is 12.1 Å². The molecule has 0 aliphatic heterocycles. The Hall–Kier alpha value is -2.88. The van der Waals surface area contributed by atoms with E-state index in [0.717, 1.165) is 23.5 Å². The van der Waals surface area contributed by atoms with Crippen molar-refractivity contribution >= 4 is 27.4 Å². The second kappa shape index (κ2) is 7.86. The maximum absolute atomic E-state index is 14.8. The molecule has 0 spiro atoms. The zero-order chi connectivity index (χ0) is 21.3. The molecular weight excluding hydrogens is 414 g/mol. The number of hydrogen-bond donors (Lipinski definition) is 1. The Balaban J connectivity index is 1.86. The first-order valence-corrected chi connectivity index (χ1v) is 9.14. The molecule has 2 heterocycles. The van der Waals surface area contributed by atoms with Crippen molar-refractivity contribution < 1.29 is 36.9 Å². The van der Waals surface area contributed by atoms with Crippen molar-refractivity contribution in [2.75, 3.05) is 7.11 Å². The highest BCUT2D eigenvalue weighted by atomic mass is 32.1. The molecule has 29 heavy (non-hydrogen) atoms. The van der Waals surface area contributed by atoms with Gasteiger partial charge < -0.3 is 14.6 Å². The van der Waals surface area contributed by atoms with Crippen molar-refractivity contribution in [2.24, 2.45) is 0 Å². The van der Waals surface area contributed by atoms with Crippen LogP contribution in [0.15, 0.2) is 23.6 Å². The molecule has 0 amide bonds. The number of carbonyl (C=O) groups excluding carboxylic acids is 1. The van der Waals surface area contributed by atoms with Crippen LogP contribution in [0.1, 0.15) is 22.5 Å². The minimum atomic E-state index is -4.56. The lowest BCUT2D eigenvalue weighted by molar-refractivity contribution is -0.141. The van der Waals surface area contributed by atoms with E-state index in [4.69, 9.17) is 4.74 Å². The number of pyridine rings is 1. The predicted molar refractivity (Wildman–Crippen MR) is 97.5 cm³/mol. The number of phenolic OH excluding ortho intramolecular Hbond substituents is 1. The zero-order valence-corrected chi connectivity index (χ0v) is 16.1. The SMILES string of the molecule is COC(=O)Cc1csc2c(F)c(OCc3ccc(C(F)(F)F)nc3C)cc(O)c12. The smallest absolute Gasteiger partial charge is 0.433 e. The standard InChI is InChI=1S/C19H15F4NO4S/c1-9-10(3-4-14(24-9)19(21,22)23)7-28-13-6-12(25)16-11(5-15(26)27-2)8-29-18(16)17(13)20/h3-4,6,8,25H,5,7H2,1-2H3. The molecule has 2 aromatic heterocycles. The maximum Gasteiger partial charge on any atom is 0.433 e. The second-order valence-electron chi connectivity index (χ2n) is 6.15. The van der Waals surface area contributed by atoms with E-state index in [1.807, 2.05) is 0 Å². The summed E-state index contributed by atoms with van der Waals surface area (Å²) < 4.78 is 63.0. The van der Waals surface area contributed by atoms with Crippen LogP contribution >= 0.6 is 11.3 Å². The third-order valence-corrected chi connectivity index (χ3v) is 5.26. The molecule has 1 N–H and O–H groups in total. The van der Waals surface area contributed by atoms with E-state index in [1.54, 1.807) is 0 Å². The molecule has 1 aromatic carbocycles. The number of alkyl halides is 3.